The Morgan fingerprint density at radius 3 is 1.64 bits per heavy atom. The molecule has 1 unspecified atom stereocenters. The molecule has 4 aromatic carbocycles. The number of para-hydroxylation sites is 2. The number of aryl methyl sites for hydroxylation is 2. The van der Waals surface area contributed by atoms with Crippen molar-refractivity contribution in [3.8, 4) is 23.0 Å². The predicted octanol–water partition coefficient (Wildman–Crippen LogP) is 10.5. The largest absolute Gasteiger partial charge is 0.455 e. The Kier molecular flexibility index (Phi) is 18.1. The molecule has 8 aromatic rings. The summed E-state index contributed by atoms with van der Waals surface area (Å²) in [7, 11) is 3.18. The molecule has 1 atom stereocenters. The van der Waals surface area contributed by atoms with Crippen molar-refractivity contribution in [2.45, 2.75) is 98.3 Å². The molecule has 0 saturated heterocycles. The third-order valence-corrected chi connectivity index (χ3v) is 12.0. The zero-order valence-corrected chi connectivity index (χ0v) is 41.8. The molecule has 72 heavy (non-hydrogen) atoms. The number of rotatable bonds is 15. The van der Waals surface area contributed by atoms with Gasteiger partial charge in [0.15, 0.2) is 5.75 Å². The number of aldehydes is 1. The number of ether oxygens (including phenoxy) is 2. The van der Waals surface area contributed by atoms with E-state index in [1.807, 2.05) is 76.2 Å². The summed E-state index contributed by atoms with van der Waals surface area (Å²) in [6, 6.07) is 27.8. The van der Waals surface area contributed by atoms with Crippen molar-refractivity contribution in [1.82, 2.24) is 28.2 Å². The van der Waals surface area contributed by atoms with Gasteiger partial charge in [-0.2, -0.15) is 0 Å². The van der Waals surface area contributed by atoms with Crippen LogP contribution >= 0.6 is 0 Å². The minimum absolute atomic E-state index is 0.0876. The molecule has 4 aromatic heterocycles. The van der Waals surface area contributed by atoms with Crippen molar-refractivity contribution < 1.29 is 28.2 Å². The number of hydrogen-bond acceptors (Lipinski definition) is 10. The molecule has 1 N–H and O–H groups in total. The van der Waals surface area contributed by atoms with E-state index in [0.717, 1.165) is 36.1 Å². The highest BCUT2D eigenvalue weighted by Crippen LogP contribution is 2.38. The number of carbonyl (C=O) groups excluding carboxylic acids is 1. The van der Waals surface area contributed by atoms with Crippen LogP contribution in [0.4, 0.5) is 8.78 Å². The number of aliphatic hydroxyl groups is 1. The van der Waals surface area contributed by atoms with Gasteiger partial charge in [-0.05, 0) is 96.0 Å². The van der Waals surface area contributed by atoms with Gasteiger partial charge in [-0.1, -0.05) is 103 Å². The maximum absolute atomic E-state index is 13.7. The highest BCUT2D eigenvalue weighted by molar-refractivity contribution is 5.82. The second-order valence-electron chi connectivity index (χ2n) is 17.8. The van der Waals surface area contributed by atoms with Gasteiger partial charge >= 0.3 is 11.4 Å². The van der Waals surface area contributed by atoms with Crippen LogP contribution in [-0.4, -0.2) is 39.6 Å². The van der Waals surface area contributed by atoms with Gasteiger partial charge in [-0.15, -0.1) is 0 Å². The summed E-state index contributed by atoms with van der Waals surface area (Å²) in [6.45, 7) is 12.9. The Hall–Kier alpha value is -7.85. The summed E-state index contributed by atoms with van der Waals surface area (Å²) in [5.41, 5.74) is 1.89. The van der Waals surface area contributed by atoms with Crippen molar-refractivity contribution in [3.05, 3.63) is 197 Å². The van der Waals surface area contributed by atoms with Crippen LogP contribution < -0.4 is 32.0 Å². The molecular weight excluding hydrogens is 923 g/mol. The third kappa shape index (κ3) is 12.2. The van der Waals surface area contributed by atoms with Crippen molar-refractivity contribution >= 4 is 28.4 Å². The molecule has 376 valence electrons. The van der Waals surface area contributed by atoms with E-state index in [4.69, 9.17) is 9.47 Å². The summed E-state index contributed by atoms with van der Waals surface area (Å²) >= 11 is 0. The van der Waals surface area contributed by atoms with Gasteiger partial charge in [-0.3, -0.25) is 32.7 Å². The topological polar surface area (TPSA) is 170 Å². The fraction of sp³-hybridized carbons (Fsp3) is 0.304. The molecule has 0 radical (unpaired) electrons. The number of hydrogen-bond donors (Lipinski definition) is 1. The Morgan fingerprint density at radius 1 is 0.625 bits per heavy atom. The Bertz CT molecular complexity index is 3420. The number of pyridine rings is 2. The van der Waals surface area contributed by atoms with Crippen LogP contribution in [-0.2, 0) is 27.2 Å². The first-order valence-electron chi connectivity index (χ1n) is 23.9. The number of carbonyl (C=O) groups is 1. The van der Waals surface area contributed by atoms with Crippen LogP contribution in [0.15, 0.2) is 135 Å². The van der Waals surface area contributed by atoms with Crippen LogP contribution in [0.25, 0.3) is 22.1 Å². The molecule has 0 aliphatic rings. The standard InChI is InChI=1S/C28H30FN3O4.C21H25N3O3.C7H5FO/c1-5-6-15-32-27(34)24-23(25(33)18-11-13-19(29)14-12-18)22(16-30-26(24)31(4)28(32)35)36-21-10-8-7-9-20(21)17(2)3;1-5-6-11-24-20(25)17-12-15(13-22-19(17)23(4)21(24)26)27-18-10-8-7-9-16(18)14(2)3;8-7-3-1-6(5-9)2-4-7/h7-14,16-17,25,33H,5-6,15H2,1-4H3;7-10,12-14H,5-6,11H2,1-4H3;1-5H. The highest BCUT2D eigenvalue weighted by atomic mass is 19.1. The monoisotopic (exact) mass is 982 g/mol. The fourth-order valence-electron chi connectivity index (χ4n) is 7.96. The number of aromatic nitrogens is 6. The van der Waals surface area contributed by atoms with Gasteiger partial charge in [0.1, 0.15) is 52.6 Å². The maximum Gasteiger partial charge on any atom is 0.332 e. The minimum atomic E-state index is -1.33. The first kappa shape index (κ1) is 53.5. The maximum atomic E-state index is 13.7. The number of nitrogens with zero attached hydrogens (tertiary/aromatic N) is 6. The van der Waals surface area contributed by atoms with E-state index in [1.54, 1.807) is 26.4 Å². The fourth-order valence-corrected chi connectivity index (χ4v) is 7.96. The normalized spacial score (nSPS) is 11.5. The van der Waals surface area contributed by atoms with Crippen molar-refractivity contribution in [1.29, 1.82) is 0 Å². The van der Waals surface area contributed by atoms with Crippen LogP contribution in [0, 0.1) is 11.6 Å². The van der Waals surface area contributed by atoms with E-state index in [2.05, 4.69) is 23.8 Å². The van der Waals surface area contributed by atoms with E-state index in [9.17, 15) is 37.9 Å². The van der Waals surface area contributed by atoms with Crippen molar-refractivity contribution in [2.75, 3.05) is 0 Å². The van der Waals surface area contributed by atoms with E-state index >= 15 is 0 Å². The molecule has 0 saturated carbocycles. The summed E-state index contributed by atoms with van der Waals surface area (Å²) in [5.74, 6) is 1.67. The summed E-state index contributed by atoms with van der Waals surface area (Å²) < 4.78 is 43.2. The number of unbranched alkanes of at least 4 members (excludes halogenated alkanes) is 2. The van der Waals surface area contributed by atoms with Gasteiger partial charge in [0, 0.05) is 38.3 Å². The quantitative estimate of drug-likeness (QED) is 0.0976. The molecule has 4 heterocycles. The van der Waals surface area contributed by atoms with Gasteiger partial charge in [-0.25, -0.2) is 28.3 Å². The second kappa shape index (κ2) is 24.3. The zero-order chi connectivity index (χ0) is 52.2. The average molecular weight is 983 g/mol. The van der Waals surface area contributed by atoms with Crippen LogP contribution in [0.3, 0.4) is 0 Å². The number of aliphatic hydroxyl groups excluding tert-OH is 1. The van der Waals surface area contributed by atoms with E-state index in [1.165, 1.54) is 73.0 Å². The molecule has 0 amide bonds. The lowest BCUT2D eigenvalue weighted by atomic mass is 9.98. The molecule has 0 fully saturated rings. The van der Waals surface area contributed by atoms with Gasteiger partial charge in [0.05, 0.1) is 23.2 Å². The first-order valence-corrected chi connectivity index (χ1v) is 23.9. The second-order valence-corrected chi connectivity index (χ2v) is 17.8. The molecule has 14 nitrogen and oxygen atoms in total. The van der Waals surface area contributed by atoms with Crippen LogP contribution in [0.5, 0.6) is 23.0 Å². The molecule has 8 rings (SSSR count). The molecular formula is C56H60F2N6O8. The van der Waals surface area contributed by atoms with Gasteiger partial charge < -0.3 is 14.6 Å². The van der Waals surface area contributed by atoms with E-state index in [-0.39, 0.29) is 51.9 Å². The first-order chi connectivity index (χ1) is 34.5. The highest BCUT2D eigenvalue weighted by Gasteiger charge is 2.26. The van der Waals surface area contributed by atoms with E-state index in [0.29, 0.717) is 58.8 Å². The SMILES string of the molecule is CCCCn1c(=O)c2c(C(O)c3ccc(F)cc3)c(Oc3ccccc3C(C)C)cnc2n(C)c1=O.CCCCn1c(=O)c2cc(Oc3ccccc3C(C)C)cnc2n(C)c1=O.O=Cc1ccc(F)cc1. The third-order valence-electron chi connectivity index (χ3n) is 12.0. The van der Waals surface area contributed by atoms with Gasteiger partial charge in [0.25, 0.3) is 11.1 Å². The summed E-state index contributed by atoms with van der Waals surface area (Å²) in [4.78, 5) is 70.6. The number of halogens is 2. The average Bonchev–Trinajstić information content (AvgIpc) is 3.38. The zero-order valence-electron chi connectivity index (χ0n) is 41.8. The van der Waals surface area contributed by atoms with Gasteiger partial charge in [0.2, 0.25) is 0 Å². The molecule has 16 heteroatoms. The lowest BCUT2D eigenvalue weighted by molar-refractivity contribution is 0.112. The van der Waals surface area contributed by atoms with Crippen molar-refractivity contribution in [2.24, 2.45) is 14.1 Å². The Morgan fingerprint density at radius 2 is 1.11 bits per heavy atom. The molecule has 0 aliphatic carbocycles. The van der Waals surface area contributed by atoms with Crippen LogP contribution in [0.1, 0.15) is 118 Å². The smallest absolute Gasteiger partial charge is 0.332 e. The Balaban J connectivity index is 0.000000206. The number of fused-ring (bicyclic) bond motifs is 2. The summed E-state index contributed by atoms with van der Waals surface area (Å²) in [6.07, 6.45) is 5.42. The minimum Gasteiger partial charge on any atom is -0.455 e. The van der Waals surface area contributed by atoms with Crippen molar-refractivity contribution in [3.63, 3.8) is 0 Å². The van der Waals surface area contributed by atoms with E-state index < -0.39 is 23.2 Å². The predicted molar refractivity (Wildman–Crippen MR) is 276 cm³/mol. The number of benzene rings is 4. The molecule has 0 bridgehead atoms. The van der Waals surface area contributed by atoms with Crippen LogP contribution in [0.2, 0.25) is 0 Å². The molecule has 0 spiro atoms. The lowest BCUT2D eigenvalue weighted by Crippen LogP contribution is -2.40. The molecule has 0 aliphatic heterocycles. The summed E-state index contributed by atoms with van der Waals surface area (Å²) in [5, 5.41) is 12.0. The Labute approximate surface area is 415 Å². The lowest BCUT2D eigenvalue weighted by Gasteiger charge is -2.21.